The maximum absolute atomic E-state index is 2.44. The Balaban J connectivity index is 2.41. The fourth-order valence-electron chi connectivity index (χ4n) is 2.97. The summed E-state index contributed by atoms with van der Waals surface area (Å²) < 4.78 is 0. The van der Waals surface area contributed by atoms with E-state index in [1.54, 1.807) is 0 Å². The van der Waals surface area contributed by atoms with Gasteiger partial charge >= 0.3 is 0 Å². The first-order valence-corrected chi connectivity index (χ1v) is 8.46. The first-order valence-electron chi connectivity index (χ1n) is 8.46. The Hall–Kier alpha value is -1.56. The van der Waals surface area contributed by atoms with E-state index in [1.807, 2.05) is 0 Å². The summed E-state index contributed by atoms with van der Waals surface area (Å²) in [4.78, 5) is 0. The molecule has 0 aliphatic carbocycles. The monoisotopic (exact) mass is 294 g/mol. The molecule has 0 N–H and O–H groups in total. The van der Waals surface area contributed by atoms with Crippen LogP contribution >= 0.6 is 0 Å². The Bertz CT molecular complexity index is 600. The van der Waals surface area contributed by atoms with Crippen LogP contribution in [-0.4, -0.2) is 0 Å². The zero-order valence-corrected chi connectivity index (χ0v) is 15.0. The first-order chi connectivity index (χ1) is 10.3. The summed E-state index contributed by atoms with van der Waals surface area (Å²) in [7, 11) is 0. The lowest BCUT2D eigenvalue weighted by Gasteiger charge is -2.28. The highest BCUT2D eigenvalue weighted by atomic mass is 14.3. The third-order valence-corrected chi connectivity index (χ3v) is 4.67. The second kappa shape index (κ2) is 6.69. The molecule has 0 saturated heterocycles. The molecule has 1 unspecified atom stereocenters. The van der Waals surface area contributed by atoms with Crippen LogP contribution in [-0.2, 0) is 11.8 Å². The van der Waals surface area contributed by atoms with Crippen molar-refractivity contribution >= 4 is 0 Å². The van der Waals surface area contributed by atoms with E-state index in [0.29, 0.717) is 11.8 Å². The van der Waals surface area contributed by atoms with Crippen molar-refractivity contribution in [3.63, 3.8) is 0 Å². The van der Waals surface area contributed by atoms with Crippen molar-refractivity contribution in [1.29, 1.82) is 0 Å². The zero-order valence-electron chi connectivity index (χ0n) is 15.0. The molecule has 0 saturated carbocycles. The van der Waals surface area contributed by atoms with Crippen LogP contribution in [0.5, 0.6) is 0 Å². The van der Waals surface area contributed by atoms with Crippen molar-refractivity contribution in [2.75, 3.05) is 0 Å². The summed E-state index contributed by atoms with van der Waals surface area (Å²) in [6, 6.07) is 17.9. The quantitative estimate of drug-likeness (QED) is 0.617. The fourth-order valence-corrected chi connectivity index (χ4v) is 2.97. The van der Waals surface area contributed by atoms with Crippen molar-refractivity contribution in [2.24, 2.45) is 5.92 Å². The van der Waals surface area contributed by atoms with E-state index in [0.717, 1.165) is 6.42 Å². The summed E-state index contributed by atoms with van der Waals surface area (Å²) in [5.74, 6) is 1.25. The van der Waals surface area contributed by atoms with Gasteiger partial charge in [-0.15, -0.1) is 0 Å². The van der Waals surface area contributed by atoms with E-state index in [9.17, 15) is 0 Å². The van der Waals surface area contributed by atoms with Crippen LogP contribution < -0.4 is 0 Å². The van der Waals surface area contributed by atoms with Crippen molar-refractivity contribution < 1.29 is 0 Å². The van der Waals surface area contributed by atoms with Crippen LogP contribution in [0.4, 0.5) is 0 Å². The maximum atomic E-state index is 2.44. The molecular formula is C22H30. The van der Waals surface area contributed by atoms with Crippen LogP contribution in [0.3, 0.4) is 0 Å². The summed E-state index contributed by atoms with van der Waals surface area (Å²) in [5.41, 5.74) is 6.02. The molecule has 2 aromatic rings. The minimum Gasteiger partial charge on any atom is -0.0622 e. The van der Waals surface area contributed by atoms with Gasteiger partial charge in [-0.05, 0) is 45.9 Å². The third kappa shape index (κ3) is 4.00. The standard InChI is InChI=1S/C22H30/c1-16(2)17(3)20-15-19(12-13-21(20)22(4,5)6)14-18-10-8-7-9-11-18/h7-13,15-17H,14H2,1-6H3. The highest BCUT2D eigenvalue weighted by molar-refractivity contribution is 5.40. The maximum Gasteiger partial charge on any atom is -0.00257 e. The normalized spacial score (nSPS) is 13.4. The largest absolute Gasteiger partial charge is 0.0622 e. The minimum absolute atomic E-state index is 0.198. The summed E-state index contributed by atoms with van der Waals surface area (Å²) in [6.45, 7) is 13.9. The minimum atomic E-state index is 0.198. The highest BCUT2D eigenvalue weighted by Crippen LogP contribution is 2.35. The Labute approximate surface area is 136 Å². The molecule has 22 heavy (non-hydrogen) atoms. The topological polar surface area (TPSA) is 0 Å². The van der Waals surface area contributed by atoms with Crippen LogP contribution in [0.2, 0.25) is 0 Å². The second-order valence-corrected chi connectivity index (χ2v) is 7.87. The average molecular weight is 294 g/mol. The molecular weight excluding hydrogens is 264 g/mol. The van der Waals surface area contributed by atoms with Gasteiger partial charge in [0.25, 0.3) is 0 Å². The predicted octanol–water partition coefficient (Wildman–Crippen LogP) is 6.33. The van der Waals surface area contributed by atoms with E-state index in [1.165, 1.54) is 22.3 Å². The number of rotatable bonds is 4. The van der Waals surface area contributed by atoms with Gasteiger partial charge in [0, 0.05) is 0 Å². The molecule has 0 aliphatic rings. The van der Waals surface area contributed by atoms with E-state index in [4.69, 9.17) is 0 Å². The first kappa shape index (κ1) is 16.8. The van der Waals surface area contributed by atoms with Gasteiger partial charge in [0.05, 0.1) is 0 Å². The third-order valence-electron chi connectivity index (χ3n) is 4.67. The molecule has 0 fully saturated rings. The van der Waals surface area contributed by atoms with E-state index >= 15 is 0 Å². The molecule has 0 aromatic heterocycles. The van der Waals surface area contributed by atoms with Crippen LogP contribution in [0.1, 0.15) is 69.7 Å². The molecule has 0 nitrogen and oxygen atoms in total. The van der Waals surface area contributed by atoms with Crippen molar-refractivity contribution in [3.8, 4) is 0 Å². The van der Waals surface area contributed by atoms with Crippen molar-refractivity contribution in [2.45, 2.75) is 59.3 Å². The van der Waals surface area contributed by atoms with Crippen molar-refractivity contribution in [3.05, 3.63) is 70.8 Å². The van der Waals surface area contributed by atoms with Gasteiger partial charge in [0.1, 0.15) is 0 Å². The lowest BCUT2D eigenvalue weighted by Crippen LogP contribution is -2.17. The van der Waals surface area contributed by atoms with Crippen LogP contribution in [0.15, 0.2) is 48.5 Å². The number of hydrogen-bond donors (Lipinski definition) is 0. The summed E-state index contributed by atoms with van der Waals surface area (Å²) >= 11 is 0. The van der Waals surface area contributed by atoms with E-state index in [-0.39, 0.29) is 5.41 Å². The van der Waals surface area contributed by atoms with Gasteiger partial charge in [-0.2, -0.15) is 0 Å². The van der Waals surface area contributed by atoms with E-state index < -0.39 is 0 Å². The molecule has 0 bridgehead atoms. The highest BCUT2D eigenvalue weighted by Gasteiger charge is 2.22. The average Bonchev–Trinajstić information content (AvgIpc) is 2.46. The van der Waals surface area contributed by atoms with Gasteiger partial charge < -0.3 is 0 Å². The van der Waals surface area contributed by atoms with Gasteiger partial charge in [-0.25, -0.2) is 0 Å². The Morgan fingerprint density at radius 3 is 2.00 bits per heavy atom. The molecule has 0 heteroatoms. The zero-order chi connectivity index (χ0) is 16.3. The molecule has 2 rings (SSSR count). The van der Waals surface area contributed by atoms with Gasteiger partial charge in [-0.1, -0.05) is 90.1 Å². The Kier molecular flexibility index (Phi) is 5.11. The Morgan fingerprint density at radius 1 is 0.818 bits per heavy atom. The fraction of sp³-hybridized carbons (Fsp3) is 0.455. The lowest BCUT2D eigenvalue weighted by atomic mass is 9.77. The van der Waals surface area contributed by atoms with Crippen LogP contribution in [0.25, 0.3) is 0 Å². The SMILES string of the molecule is CC(C)C(C)c1cc(Cc2ccccc2)ccc1C(C)(C)C. The van der Waals surface area contributed by atoms with Gasteiger partial charge in [-0.3, -0.25) is 0 Å². The molecule has 0 aliphatic heterocycles. The molecule has 0 spiro atoms. The van der Waals surface area contributed by atoms with Gasteiger partial charge in [0.2, 0.25) is 0 Å². The van der Waals surface area contributed by atoms with Gasteiger partial charge in [0.15, 0.2) is 0 Å². The summed E-state index contributed by atoms with van der Waals surface area (Å²) in [5, 5.41) is 0. The van der Waals surface area contributed by atoms with E-state index in [2.05, 4.69) is 90.1 Å². The number of hydrogen-bond acceptors (Lipinski definition) is 0. The predicted molar refractivity (Wildman–Crippen MR) is 97.6 cm³/mol. The lowest BCUT2D eigenvalue weighted by molar-refractivity contribution is 0.509. The number of benzene rings is 2. The molecule has 0 amide bonds. The molecule has 0 radical (unpaired) electrons. The Morgan fingerprint density at radius 2 is 1.45 bits per heavy atom. The molecule has 0 heterocycles. The van der Waals surface area contributed by atoms with Crippen molar-refractivity contribution in [1.82, 2.24) is 0 Å². The molecule has 118 valence electrons. The molecule has 1 atom stereocenters. The molecule has 2 aromatic carbocycles. The summed E-state index contributed by atoms with van der Waals surface area (Å²) in [6.07, 6.45) is 1.02. The van der Waals surface area contributed by atoms with Crippen LogP contribution in [0, 0.1) is 5.92 Å². The second-order valence-electron chi connectivity index (χ2n) is 7.87. The smallest absolute Gasteiger partial charge is 0.00257 e.